The van der Waals surface area contributed by atoms with Crippen molar-refractivity contribution >= 4 is 37.7 Å². The van der Waals surface area contributed by atoms with Gasteiger partial charge < -0.3 is 9.73 Å². The number of sulfonamides is 1. The summed E-state index contributed by atoms with van der Waals surface area (Å²) in [5.74, 6) is 1.64. The number of furan rings is 1. The van der Waals surface area contributed by atoms with Crippen molar-refractivity contribution in [3.63, 3.8) is 0 Å². The van der Waals surface area contributed by atoms with E-state index in [1.807, 2.05) is 20.1 Å². The molecule has 0 radical (unpaired) electrons. The van der Waals surface area contributed by atoms with Gasteiger partial charge in [-0.1, -0.05) is 13.8 Å². The Labute approximate surface area is 139 Å². The number of thioether (sulfide) groups is 1. The highest BCUT2D eigenvalue weighted by Gasteiger charge is 2.22. The maximum absolute atomic E-state index is 12.2. The lowest BCUT2D eigenvalue weighted by atomic mass is 10.3. The molecule has 5 nitrogen and oxygen atoms in total. The number of unbranched alkanes of at least 4 members (excludes halogenated alkanes) is 1. The molecule has 1 aromatic heterocycles. The molecule has 0 saturated carbocycles. The van der Waals surface area contributed by atoms with E-state index in [4.69, 9.17) is 4.42 Å². The highest BCUT2D eigenvalue weighted by Crippen LogP contribution is 2.26. The van der Waals surface area contributed by atoms with Crippen molar-refractivity contribution in [2.24, 2.45) is 0 Å². The molecule has 0 fully saturated rings. The quantitative estimate of drug-likeness (QED) is 0.592. The van der Waals surface area contributed by atoms with Crippen LogP contribution in [-0.4, -0.2) is 33.0 Å². The van der Waals surface area contributed by atoms with Gasteiger partial charge in [-0.25, -0.2) is 13.1 Å². The second kappa shape index (κ2) is 9.19. The average molecular weight is 399 g/mol. The van der Waals surface area contributed by atoms with E-state index in [1.165, 1.54) is 0 Å². The second-order valence-corrected chi connectivity index (χ2v) is 8.43. The molecule has 21 heavy (non-hydrogen) atoms. The molecule has 0 aromatic carbocycles. The van der Waals surface area contributed by atoms with E-state index in [0.717, 1.165) is 18.6 Å². The van der Waals surface area contributed by atoms with Gasteiger partial charge in [0, 0.05) is 18.7 Å². The summed E-state index contributed by atoms with van der Waals surface area (Å²) in [5.41, 5.74) is 0. The largest absolute Gasteiger partial charge is 0.452 e. The second-order valence-electron chi connectivity index (χ2n) is 4.98. The lowest BCUT2D eigenvalue weighted by Gasteiger charge is -2.05. The van der Waals surface area contributed by atoms with Crippen molar-refractivity contribution in [3.8, 4) is 0 Å². The highest BCUT2D eigenvalue weighted by molar-refractivity contribution is 9.10. The Hall–Kier alpha value is -0.0200. The molecule has 1 aromatic rings. The molecule has 1 heterocycles. The molecule has 2 N–H and O–H groups in total. The first-order chi connectivity index (χ1) is 9.86. The summed E-state index contributed by atoms with van der Waals surface area (Å²) in [6.07, 6.45) is 3.87. The van der Waals surface area contributed by atoms with Crippen LogP contribution >= 0.6 is 27.7 Å². The van der Waals surface area contributed by atoms with E-state index in [9.17, 15) is 8.42 Å². The Kier molecular flexibility index (Phi) is 8.33. The van der Waals surface area contributed by atoms with Crippen LogP contribution in [0.3, 0.4) is 0 Å². The molecule has 0 aliphatic carbocycles. The molecule has 0 amide bonds. The fourth-order valence-electron chi connectivity index (χ4n) is 1.63. The van der Waals surface area contributed by atoms with Crippen LogP contribution in [0.4, 0.5) is 0 Å². The summed E-state index contributed by atoms with van der Waals surface area (Å²) in [5, 5.41) is 3.19. The van der Waals surface area contributed by atoms with E-state index in [1.54, 1.807) is 17.8 Å². The van der Waals surface area contributed by atoms with Crippen molar-refractivity contribution in [3.05, 3.63) is 16.5 Å². The van der Waals surface area contributed by atoms with Crippen LogP contribution in [0.15, 0.2) is 20.0 Å². The SMILES string of the molecule is CSCCCCNS(=O)(=O)c1cc(CNC(C)C)oc1Br. The van der Waals surface area contributed by atoms with E-state index in [0.29, 0.717) is 24.9 Å². The standard InChI is InChI=1S/C13H23BrN2O3S2/c1-10(2)15-9-11-8-12(13(14)19-11)21(17,18)16-6-4-5-7-20-3/h8,10,15-16H,4-7,9H2,1-3H3. The molecule has 0 aliphatic rings. The van der Waals surface area contributed by atoms with Gasteiger partial charge in [0.1, 0.15) is 10.7 Å². The van der Waals surface area contributed by atoms with Gasteiger partial charge in [0.15, 0.2) is 4.67 Å². The average Bonchev–Trinajstić information content (AvgIpc) is 2.78. The molecule has 0 unspecified atom stereocenters. The number of nitrogens with one attached hydrogen (secondary N) is 2. The van der Waals surface area contributed by atoms with E-state index in [-0.39, 0.29) is 9.56 Å². The lowest BCUT2D eigenvalue weighted by Crippen LogP contribution is -2.25. The minimum atomic E-state index is -3.52. The summed E-state index contributed by atoms with van der Waals surface area (Å²) >= 11 is 4.94. The first kappa shape index (κ1) is 19.0. The fraction of sp³-hybridized carbons (Fsp3) is 0.692. The number of hydrogen-bond acceptors (Lipinski definition) is 5. The number of hydrogen-bond donors (Lipinski definition) is 2. The van der Waals surface area contributed by atoms with Gasteiger partial charge in [-0.05, 0) is 40.8 Å². The molecule has 0 saturated heterocycles. The zero-order chi connectivity index (χ0) is 15.9. The zero-order valence-corrected chi connectivity index (χ0v) is 15.8. The molecule has 0 bridgehead atoms. The molecule has 0 atom stereocenters. The maximum Gasteiger partial charge on any atom is 0.244 e. The van der Waals surface area contributed by atoms with Crippen molar-refractivity contribution in [1.82, 2.24) is 10.0 Å². The molecule has 0 spiro atoms. The third-order valence-corrected chi connectivity index (χ3v) is 5.76. The summed E-state index contributed by atoms with van der Waals surface area (Å²) < 4.78 is 32.7. The van der Waals surface area contributed by atoms with Crippen molar-refractivity contribution in [1.29, 1.82) is 0 Å². The topological polar surface area (TPSA) is 71.3 Å². The fourth-order valence-corrected chi connectivity index (χ4v) is 4.19. The summed E-state index contributed by atoms with van der Waals surface area (Å²) in [6.45, 7) is 4.98. The van der Waals surface area contributed by atoms with Gasteiger partial charge in [-0.3, -0.25) is 0 Å². The predicted octanol–water partition coefficient (Wildman–Crippen LogP) is 2.96. The van der Waals surface area contributed by atoms with Gasteiger partial charge in [-0.15, -0.1) is 0 Å². The van der Waals surface area contributed by atoms with E-state index < -0.39 is 10.0 Å². The van der Waals surface area contributed by atoms with Gasteiger partial charge in [0.2, 0.25) is 10.0 Å². The van der Waals surface area contributed by atoms with Gasteiger partial charge in [0.25, 0.3) is 0 Å². The predicted molar refractivity (Wildman–Crippen MR) is 91.2 cm³/mol. The first-order valence-electron chi connectivity index (χ1n) is 6.87. The number of halogens is 1. The van der Waals surface area contributed by atoms with Crippen molar-refractivity contribution in [2.45, 2.75) is 44.2 Å². The van der Waals surface area contributed by atoms with Crippen LogP contribution in [0.25, 0.3) is 0 Å². The lowest BCUT2D eigenvalue weighted by molar-refractivity contribution is 0.447. The van der Waals surface area contributed by atoms with Crippen molar-refractivity contribution in [2.75, 3.05) is 18.6 Å². The molecule has 1 rings (SSSR count). The Balaban J connectivity index is 2.61. The molecule has 122 valence electrons. The minimum absolute atomic E-state index is 0.160. The Morgan fingerprint density at radius 1 is 1.38 bits per heavy atom. The van der Waals surface area contributed by atoms with Gasteiger partial charge >= 0.3 is 0 Å². The highest BCUT2D eigenvalue weighted by atomic mass is 79.9. The molecule has 8 heteroatoms. The summed E-state index contributed by atoms with van der Waals surface area (Å²) in [4.78, 5) is 0.160. The smallest absolute Gasteiger partial charge is 0.244 e. The van der Waals surface area contributed by atoms with E-state index >= 15 is 0 Å². The van der Waals surface area contributed by atoms with Crippen LogP contribution in [0, 0.1) is 0 Å². The zero-order valence-electron chi connectivity index (χ0n) is 12.6. The molecule has 0 aliphatic heterocycles. The maximum atomic E-state index is 12.2. The van der Waals surface area contributed by atoms with Gasteiger partial charge in [-0.2, -0.15) is 11.8 Å². The van der Waals surface area contributed by atoms with Crippen molar-refractivity contribution < 1.29 is 12.8 Å². The first-order valence-corrected chi connectivity index (χ1v) is 10.5. The van der Waals surface area contributed by atoms with Crippen LogP contribution in [0.5, 0.6) is 0 Å². The minimum Gasteiger partial charge on any atom is -0.452 e. The Bertz CT molecular complexity index is 530. The third kappa shape index (κ3) is 6.73. The molecular formula is C13H23BrN2O3S2. The van der Waals surface area contributed by atoms with Crippen LogP contribution in [0.2, 0.25) is 0 Å². The summed E-state index contributed by atoms with van der Waals surface area (Å²) in [7, 11) is -3.52. The van der Waals surface area contributed by atoms with Gasteiger partial charge in [0.05, 0.1) is 6.54 Å². The number of rotatable bonds is 10. The third-order valence-electron chi connectivity index (χ3n) is 2.75. The van der Waals surface area contributed by atoms with Crippen LogP contribution in [-0.2, 0) is 16.6 Å². The van der Waals surface area contributed by atoms with Crippen LogP contribution < -0.4 is 10.0 Å². The Morgan fingerprint density at radius 2 is 2.10 bits per heavy atom. The Morgan fingerprint density at radius 3 is 2.71 bits per heavy atom. The molecular weight excluding hydrogens is 376 g/mol. The van der Waals surface area contributed by atoms with Crippen LogP contribution in [0.1, 0.15) is 32.4 Å². The summed E-state index contributed by atoms with van der Waals surface area (Å²) in [6, 6.07) is 1.87. The normalized spacial score (nSPS) is 12.2. The van der Waals surface area contributed by atoms with E-state index in [2.05, 4.69) is 26.0 Å². The monoisotopic (exact) mass is 398 g/mol.